The second kappa shape index (κ2) is 7.82. The van der Waals surface area contributed by atoms with Crippen LogP contribution in [0.4, 0.5) is 0 Å². The molecule has 2 aromatic rings. The molecule has 1 fully saturated rings. The highest BCUT2D eigenvalue weighted by molar-refractivity contribution is 7.09. The van der Waals surface area contributed by atoms with Crippen LogP contribution in [0.3, 0.4) is 0 Å². The first kappa shape index (κ1) is 19.2. The lowest BCUT2D eigenvalue weighted by atomic mass is 9.97. The number of rotatable bonds is 3. The van der Waals surface area contributed by atoms with E-state index in [0.29, 0.717) is 12.2 Å². The van der Waals surface area contributed by atoms with E-state index < -0.39 is 0 Å². The Morgan fingerprint density at radius 3 is 2.79 bits per heavy atom. The molecule has 1 amide bonds. The Balaban J connectivity index is 0.00000104. The van der Waals surface area contributed by atoms with Gasteiger partial charge in [0.25, 0.3) is 5.91 Å². The molecule has 4 rings (SSSR count). The molecule has 132 valence electrons. The van der Waals surface area contributed by atoms with E-state index in [1.165, 1.54) is 0 Å². The molecule has 6 nitrogen and oxygen atoms in total. The topological polar surface area (TPSA) is 82.7 Å². The van der Waals surface area contributed by atoms with Crippen LogP contribution >= 0.6 is 36.2 Å². The highest BCUT2D eigenvalue weighted by atomic mass is 35.5. The molecule has 1 aliphatic heterocycles. The third-order valence-corrected chi connectivity index (χ3v) is 5.65. The van der Waals surface area contributed by atoms with E-state index >= 15 is 0 Å². The highest BCUT2D eigenvalue weighted by Crippen LogP contribution is 2.39. The lowest BCUT2D eigenvalue weighted by Gasteiger charge is -2.28. The summed E-state index contributed by atoms with van der Waals surface area (Å²) in [6.45, 7) is 1.64. The van der Waals surface area contributed by atoms with E-state index in [-0.39, 0.29) is 36.3 Å². The van der Waals surface area contributed by atoms with Crippen molar-refractivity contribution >= 4 is 42.1 Å². The van der Waals surface area contributed by atoms with Crippen LogP contribution in [0.1, 0.15) is 52.4 Å². The Morgan fingerprint density at radius 2 is 2.08 bits per heavy atom. The Bertz CT molecular complexity index is 682. The fourth-order valence-electron chi connectivity index (χ4n) is 3.52. The molecule has 24 heavy (non-hydrogen) atoms. The van der Waals surface area contributed by atoms with E-state index in [4.69, 9.17) is 0 Å². The van der Waals surface area contributed by atoms with E-state index in [1.807, 2.05) is 11.6 Å². The minimum absolute atomic E-state index is 0. The summed E-state index contributed by atoms with van der Waals surface area (Å²) in [5, 5.41) is 16.8. The van der Waals surface area contributed by atoms with E-state index in [0.717, 1.165) is 54.9 Å². The van der Waals surface area contributed by atoms with Gasteiger partial charge in [-0.25, -0.2) is 4.98 Å². The fourth-order valence-corrected chi connectivity index (χ4v) is 4.37. The number of aromatic amines is 1. The second-order valence-electron chi connectivity index (χ2n) is 6.04. The molecule has 3 N–H and O–H groups in total. The second-order valence-corrected chi connectivity index (χ2v) is 6.93. The van der Waals surface area contributed by atoms with Crippen molar-refractivity contribution in [2.75, 3.05) is 6.54 Å². The number of amides is 1. The largest absolute Gasteiger partial charge is 0.339 e. The van der Waals surface area contributed by atoms with Crippen molar-refractivity contribution in [2.45, 2.75) is 44.2 Å². The number of nitrogens with one attached hydrogen (secondary N) is 3. The van der Waals surface area contributed by atoms with Crippen molar-refractivity contribution < 1.29 is 4.79 Å². The van der Waals surface area contributed by atoms with Crippen molar-refractivity contribution in [3.8, 4) is 0 Å². The Morgan fingerprint density at radius 1 is 1.29 bits per heavy atom. The number of nitrogens with zero attached hydrogens (tertiary/aromatic N) is 2. The minimum atomic E-state index is -0.306. The number of hydrogen-bond donors (Lipinski definition) is 3. The standard InChI is InChI=1S/C15H19N5OS.2ClH/c21-13(12-10-9-16-6-3-11(10)19-20-12)18-15(4-1-2-5-15)14-17-7-8-22-14;;/h7-8,16H,1-6,9H2,(H,18,21)(H,19,20);2*1H. The molecule has 0 radical (unpaired) electrons. The molecule has 0 aromatic carbocycles. The van der Waals surface area contributed by atoms with Gasteiger partial charge >= 0.3 is 0 Å². The molecule has 0 spiro atoms. The highest BCUT2D eigenvalue weighted by Gasteiger charge is 2.40. The van der Waals surface area contributed by atoms with Gasteiger partial charge in [-0.15, -0.1) is 36.2 Å². The zero-order valence-corrected chi connectivity index (χ0v) is 15.6. The van der Waals surface area contributed by atoms with Crippen molar-refractivity contribution in [3.63, 3.8) is 0 Å². The lowest BCUT2D eigenvalue weighted by Crippen LogP contribution is -2.44. The predicted octanol–water partition coefficient (Wildman–Crippen LogP) is 2.55. The number of H-pyrrole nitrogens is 1. The molecule has 3 heterocycles. The van der Waals surface area contributed by atoms with Crippen molar-refractivity contribution in [3.05, 3.63) is 33.5 Å². The van der Waals surface area contributed by atoms with E-state index in [2.05, 4.69) is 25.8 Å². The van der Waals surface area contributed by atoms with Gasteiger partial charge < -0.3 is 10.6 Å². The van der Waals surface area contributed by atoms with Gasteiger partial charge in [0.1, 0.15) is 5.01 Å². The summed E-state index contributed by atoms with van der Waals surface area (Å²) < 4.78 is 0. The molecular formula is C15H21Cl2N5OS. The van der Waals surface area contributed by atoms with Crippen LogP contribution in [0.5, 0.6) is 0 Å². The number of hydrogen-bond acceptors (Lipinski definition) is 5. The molecule has 0 unspecified atom stereocenters. The first-order valence-electron chi connectivity index (χ1n) is 7.78. The Kier molecular flexibility index (Phi) is 6.25. The molecule has 0 saturated heterocycles. The molecule has 9 heteroatoms. The molecule has 0 atom stereocenters. The van der Waals surface area contributed by atoms with Crippen molar-refractivity contribution in [2.24, 2.45) is 0 Å². The Hall–Kier alpha value is -1.15. The monoisotopic (exact) mass is 389 g/mol. The number of carbonyl (C=O) groups excluding carboxylic acids is 1. The first-order chi connectivity index (χ1) is 10.8. The summed E-state index contributed by atoms with van der Waals surface area (Å²) >= 11 is 1.62. The quantitative estimate of drug-likeness (QED) is 0.752. The average molecular weight is 390 g/mol. The summed E-state index contributed by atoms with van der Waals surface area (Å²) in [5.41, 5.74) is 2.32. The van der Waals surface area contributed by atoms with Gasteiger partial charge in [-0.2, -0.15) is 5.10 Å². The van der Waals surface area contributed by atoms with Crippen molar-refractivity contribution in [1.29, 1.82) is 0 Å². The van der Waals surface area contributed by atoms with Crippen LogP contribution in [0.15, 0.2) is 11.6 Å². The van der Waals surface area contributed by atoms with Crippen molar-refractivity contribution in [1.82, 2.24) is 25.8 Å². The summed E-state index contributed by atoms with van der Waals surface area (Å²) in [6.07, 6.45) is 6.87. The molecular weight excluding hydrogens is 369 g/mol. The van der Waals surface area contributed by atoms with Crippen LogP contribution in [-0.2, 0) is 18.5 Å². The minimum Gasteiger partial charge on any atom is -0.339 e. The lowest BCUT2D eigenvalue weighted by molar-refractivity contribution is 0.0891. The van der Waals surface area contributed by atoms with E-state index in [1.54, 1.807) is 11.3 Å². The van der Waals surface area contributed by atoms with Crippen LogP contribution in [0, 0.1) is 0 Å². The third-order valence-electron chi connectivity index (χ3n) is 4.67. The van der Waals surface area contributed by atoms with Gasteiger partial charge in [0.05, 0.1) is 5.54 Å². The number of fused-ring (bicyclic) bond motifs is 1. The summed E-state index contributed by atoms with van der Waals surface area (Å²) in [5.74, 6) is -0.0849. The number of thiazole rings is 1. The number of carbonyl (C=O) groups is 1. The van der Waals surface area contributed by atoms with E-state index in [9.17, 15) is 4.79 Å². The molecule has 1 aliphatic carbocycles. The predicted molar refractivity (Wildman–Crippen MR) is 98.2 cm³/mol. The zero-order valence-electron chi connectivity index (χ0n) is 13.1. The molecule has 2 aromatic heterocycles. The van der Waals surface area contributed by atoms with Gasteiger partial charge in [0.15, 0.2) is 5.69 Å². The maximum Gasteiger partial charge on any atom is 0.272 e. The zero-order chi connectivity index (χ0) is 15.0. The SMILES string of the molecule is Cl.Cl.O=C(NC1(c2nccs2)CCCC1)c1n[nH]c2c1CNCC2. The molecule has 0 bridgehead atoms. The normalized spacial score (nSPS) is 18.2. The Labute approximate surface area is 157 Å². The van der Waals surface area contributed by atoms with Gasteiger partial charge in [0.2, 0.25) is 0 Å². The molecule has 1 saturated carbocycles. The van der Waals surface area contributed by atoms with Gasteiger partial charge in [-0.05, 0) is 12.8 Å². The summed E-state index contributed by atoms with van der Waals surface area (Å²) in [4.78, 5) is 17.2. The number of aromatic nitrogens is 3. The fraction of sp³-hybridized carbons (Fsp3) is 0.533. The van der Waals surface area contributed by atoms with Crippen LogP contribution in [0.25, 0.3) is 0 Å². The van der Waals surface area contributed by atoms with Crippen LogP contribution in [0.2, 0.25) is 0 Å². The van der Waals surface area contributed by atoms with Gasteiger partial charge in [0, 0.05) is 42.3 Å². The molecule has 2 aliphatic rings. The first-order valence-corrected chi connectivity index (χ1v) is 8.66. The summed E-state index contributed by atoms with van der Waals surface area (Å²) in [6, 6.07) is 0. The van der Waals surface area contributed by atoms with Gasteiger partial charge in [-0.1, -0.05) is 12.8 Å². The number of halogens is 2. The third kappa shape index (κ3) is 3.31. The maximum absolute atomic E-state index is 12.8. The van der Waals surface area contributed by atoms with Gasteiger partial charge in [-0.3, -0.25) is 9.89 Å². The van der Waals surface area contributed by atoms with Crippen LogP contribution in [-0.4, -0.2) is 27.6 Å². The maximum atomic E-state index is 12.8. The summed E-state index contributed by atoms with van der Waals surface area (Å²) in [7, 11) is 0. The van der Waals surface area contributed by atoms with Crippen LogP contribution < -0.4 is 10.6 Å². The smallest absolute Gasteiger partial charge is 0.272 e. The average Bonchev–Trinajstić information content (AvgIpc) is 3.27.